The molecule has 60 valence electrons. The fourth-order valence-corrected chi connectivity index (χ4v) is 1.52. The smallest absolute Gasteiger partial charge is 0.0412 e. The maximum atomic E-state index is 5.86. The molecule has 0 fully saturated rings. The van der Waals surface area contributed by atoms with Crippen LogP contribution in [0.4, 0.5) is 0 Å². The van der Waals surface area contributed by atoms with E-state index in [0.29, 0.717) is 0 Å². The van der Waals surface area contributed by atoms with Gasteiger partial charge in [-0.2, -0.15) is 0 Å². The Hall–Kier alpha value is -1.01. The molecule has 0 N–H and O–H groups in total. The maximum absolute atomic E-state index is 5.86. The van der Waals surface area contributed by atoms with Crippen molar-refractivity contribution in [3.63, 3.8) is 0 Å². The summed E-state index contributed by atoms with van der Waals surface area (Å²) in [5.41, 5.74) is 1.28. The first-order chi connectivity index (χ1) is 5.75. The highest BCUT2D eigenvalue weighted by atomic mass is 35.5. The Kier molecular flexibility index (Phi) is 1.78. The molecule has 0 aliphatic rings. The van der Waals surface area contributed by atoms with Gasteiger partial charge in [0, 0.05) is 5.02 Å². The summed E-state index contributed by atoms with van der Waals surface area (Å²) in [5.74, 6) is 0. The summed E-state index contributed by atoms with van der Waals surface area (Å²) >= 11 is 5.86. The van der Waals surface area contributed by atoms with E-state index in [-0.39, 0.29) is 0 Å². The summed E-state index contributed by atoms with van der Waals surface area (Å²) in [7, 11) is 0. The Morgan fingerprint density at radius 2 is 1.58 bits per heavy atom. The summed E-state index contributed by atoms with van der Waals surface area (Å²) < 4.78 is 0. The second kappa shape index (κ2) is 2.80. The Bertz CT molecular complexity index is 377. The molecule has 0 atom stereocenters. The van der Waals surface area contributed by atoms with E-state index in [1.54, 1.807) is 0 Å². The standard InChI is InChI=1S/C11H9Cl/c1-8-2-3-10-7-11(12)5-4-9(10)6-8/h2-7H,1H3. The fraction of sp³-hybridized carbons (Fsp3) is 0.0909. The van der Waals surface area contributed by atoms with Crippen LogP contribution in [0.3, 0.4) is 0 Å². The highest BCUT2D eigenvalue weighted by Crippen LogP contribution is 2.19. The Morgan fingerprint density at radius 3 is 2.42 bits per heavy atom. The number of hydrogen-bond donors (Lipinski definition) is 0. The molecular formula is C11H9Cl. The van der Waals surface area contributed by atoms with Crippen LogP contribution in [-0.2, 0) is 0 Å². The number of rotatable bonds is 0. The van der Waals surface area contributed by atoms with Crippen LogP contribution in [0.25, 0.3) is 10.8 Å². The number of hydrogen-bond acceptors (Lipinski definition) is 0. The number of halogens is 1. The van der Waals surface area contributed by atoms with Crippen LogP contribution in [0.1, 0.15) is 5.56 Å². The monoisotopic (exact) mass is 176 g/mol. The normalized spacial score (nSPS) is 10.5. The first-order valence-electron chi connectivity index (χ1n) is 3.92. The fourth-order valence-electron chi connectivity index (χ4n) is 1.34. The van der Waals surface area contributed by atoms with Gasteiger partial charge in [0.05, 0.1) is 0 Å². The lowest BCUT2D eigenvalue weighted by molar-refractivity contribution is 1.51. The van der Waals surface area contributed by atoms with E-state index in [9.17, 15) is 0 Å². The molecule has 2 aromatic carbocycles. The molecule has 2 rings (SSSR count). The lowest BCUT2D eigenvalue weighted by atomic mass is 10.1. The molecule has 0 aromatic heterocycles. The minimum atomic E-state index is 0.798. The third kappa shape index (κ3) is 1.30. The highest BCUT2D eigenvalue weighted by Gasteiger charge is 1.93. The number of aryl methyl sites for hydroxylation is 1. The van der Waals surface area contributed by atoms with Crippen LogP contribution in [0, 0.1) is 6.92 Å². The van der Waals surface area contributed by atoms with Gasteiger partial charge < -0.3 is 0 Å². The van der Waals surface area contributed by atoms with E-state index in [1.807, 2.05) is 18.2 Å². The van der Waals surface area contributed by atoms with Gasteiger partial charge in [-0.3, -0.25) is 0 Å². The lowest BCUT2D eigenvalue weighted by Gasteiger charge is -1.98. The summed E-state index contributed by atoms with van der Waals surface area (Å²) in [6.07, 6.45) is 0. The molecule has 0 radical (unpaired) electrons. The van der Waals surface area contributed by atoms with Crippen LogP contribution < -0.4 is 0 Å². The van der Waals surface area contributed by atoms with Gasteiger partial charge in [-0.1, -0.05) is 41.4 Å². The van der Waals surface area contributed by atoms with Gasteiger partial charge in [-0.25, -0.2) is 0 Å². The van der Waals surface area contributed by atoms with Crippen LogP contribution in [-0.4, -0.2) is 0 Å². The third-order valence-electron chi connectivity index (χ3n) is 1.96. The molecule has 0 heterocycles. The highest BCUT2D eigenvalue weighted by molar-refractivity contribution is 6.31. The lowest BCUT2D eigenvalue weighted by Crippen LogP contribution is -1.74. The molecule has 0 spiro atoms. The minimum absolute atomic E-state index is 0.798. The molecule has 0 bridgehead atoms. The predicted octanol–water partition coefficient (Wildman–Crippen LogP) is 3.80. The van der Waals surface area contributed by atoms with Crippen molar-refractivity contribution in [1.29, 1.82) is 0 Å². The number of fused-ring (bicyclic) bond motifs is 1. The second-order valence-electron chi connectivity index (χ2n) is 2.99. The largest absolute Gasteiger partial charge is 0.0843 e. The van der Waals surface area contributed by atoms with E-state index in [0.717, 1.165) is 5.02 Å². The van der Waals surface area contributed by atoms with Crippen LogP contribution in [0.2, 0.25) is 5.02 Å². The predicted molar refractivity (Wildman–Crippen MR) is 53.7 cm³/mol. The Morgan fingerprint density at radius 1 is 0.917 bits per heavy atom. The quantitative estimate of drug-likeness (QED) is 0.573. The summed E-state index contributed by atoms with van der Waals surface area (Å²) in [6, 6.07) is 12.3. The van der Waals surface area contributed by atoms with Crippen LogP contribution in [0.15, 0.2) is 36.4 Å². The molecule has 0 nitrogen and oxygen atoms in total. The summed E-state index contributed by atoms with van der Waals surface area (Å²) in [4.78, 5) is 0. The third-order valence-corrected chi connectivity index (χ3v) is 2.19. The maximum Gasteiger partial charge on any atom is 0.0412 e. The minimum Gasteiger partial charge on any atom is -0.0843 e. The molecule has 0 saturated carbocycles. The van der Waals surface area contributed by atoms with E-state index in [1.165, 1.54) is 16.3 Å². The summed E-state index contributed by atoms with van der Waals surface area (Å²) in [6.45, 7) is 2.09. The number of benzene rings is 2. The average Bonchev–Trinajstić information content (AvgIpc) is 2.05. The molecule has 0 saturated heterocycles. The van der Waals surface area contributed by atoms with E-state index >= 15 is 0 Å². The molecule has 2 aromatic rings. The van der Waals surface area contributed by atoms with Crippen LogP contribution in [0.5, 0.6) is 0 Å². The van der Waals surface area contributed by atoms with Crippen molar-refractivity contribution in [1.82, 2.24) is 0 Å². The van der Waals surface area contributed by atoms with E-state index in [4.69, 9.17) is 11.6 Å². The molecule has 0 unspecified atom stereocenters. The molecular weight excluding hydrogens is 168 g/mol. The SMILES string of the molecule is Cc1ccc2cc(Cl)ccc2c1. The van der Waals surface area contributed by atoms with E-state index in [2.05, 4.69) is 25.1 Å². The first kappa shape index (κ1) is 7.63. The van der Waals surface area contributed by atoms with Crippen molar-refractivity contribution in [2.45, 2.75) is 6.92 Å². The van der Waals surface area contributed by atoms with Crippen molar-refractivity contribution < 1.29 is 0 Å². The molecule has 12 heavy (non-hydrogen) atoms. The second-order valence-corrected chi connectivity index (χ2v) is 3.43. The van der Waals surface area contributed by atoms with Gasteiger partial charge >= 0.3 is 0 Å². The van der Waals surface area contributed by atoms with Crippen molar-refractivity contribution >= 4 is 22.4 Å². The zero-order valence-electron chi connectivity index (χ0n) is 6.84. The average molecular weight is 177 g/mol. The Balaban J connectivity index is 2.79. The zero-order valence-corrected chi connectivity index (χ0v) is 7.60. The molecule has 1 heteroatoms. The Labute approximate surface area is 76.8 Å². The van der Waals surface area contributed by atoms with Crippen molar-refractivity contribution in [3.05, 3.63) is 47.0 Å². The van der Waals surface area contributed by atoms with Gasteiger partial charge in [0.25, 0.3) is 0 Å². The first-order valence-corrected chi connectivity index (χ1v) is 4.29. The molecule has 0 amide bonds. The van der Waals surface area contributed by atoms with Gasteiger partial charge in [0.2, 0.25) is 0 Å². The molecule has 0 aliphatic heterocycles. The van der Waals surface area contributed by atoms with Gasteiger partial charge in [-0.05, 0) is 29.8 Å². The topological polar surface area (TPSA) is 0 Å². The van der Waals surface area contributed by atoms with Gasteiger partial charge in [0.15, 0.2) is 0 Å². The van der Waals surface area contributed by atoms with Gasteiger partial charge in [-0.15, -0.1) is 0 Å². The van der Waals surface area contributed by atoms with E-state index < -0.39 is 0 Å². The van der Waals surface area contributed by atoms with Gasteiger partial charge in [0.1, 0.15) is 0 Å². The van der Waals surface area contributed by atoms with Crippen molar-refractivity contribution in [2.24, 2.45) is 0 Å². The zero-order chi connectivity index (χ0) is 8.55. The van der Waals surface area contributed by atoms with Crippen LogP contribution >= 0.6 is 11.6 Å². The van der Waals surface area contributed by atoms with Crippen molar-refractivity contribution in [3.8, 4) is 0 Å². The van der Waals surface area contributed by atoms with Crippen molar-refractivity contribution in [2.75, 3.05) is 0 Å². The summed E-state index contributed by atoms with van der Waals surface area (Å²) in [5, 5.41) is 3.25. The molecule has 0 aliphatic carbocycles.